The average molecular weight is 469 g/mol. The van der Waals surface area contributed by atoms with Crippen molar-refractivity contribution >= 4 is 56.5 Å². The van der Waals surface area contributed by atoms with Crippen LogP contribution < -0.4 is 0 Å². The molecule has 0 amide bonds. The van der Waals surface area contributed by atoms with Crippen LogP contribution in [0.5, 0.6) is 0 Å². The van der Waals surface area contributed by atoms with Crippen molar-refractivity contribution in [3.8, 4) is 0 Å². The smallest absolute Gasteiger partial charge is 0.0396 e. The molecule has 0 N–H and O–H groups in total. The molecule has 0 radical (unpaired) electrons. The summed E-state index contributed by atoms with van der Waals surface area (Å²) < 4.78 is 0. The van der Waals surface area contributed by atoms with Gasteiger partial charge in [-0.05, 0) is 102 Å². The molecule has 4 aromatic heterocycles. The molecule has 4 aromatic rings. The van der Waals surface area contributed by atoms with E-state index < -0.39 is 0 Å². The summed E-state index contributed by atoms with van der Waals surface area (Å²) in [5, 5.41) is 0. The fourth-order valence-corrected chi connectivity index (χ4v) is 8.68. The molecule has 0 aliphatic heterocycles. The zero-order chi connectivity index (χ0) is 21.7. The highest BCUT2D eigenvalue weighted by molar-refractivity contribution is 7.18. The summed E-state index contributed by atoms with van der Waals surface area (Å²) in [5.74, 6) is 0. The zero-order valence-corrected chi connectivity index (χ0v) is 22.2. The van der Waals surface area contributed by atoms with Gasteiger partial charge in [-0.15, -0.1) is 45.3 Å². The van der Waals surface area contributed by atoms with Crippen LogP contribution >= 0.6 is 45.3 Å². The molecule has 0 aromatic carbocycles. The van der Waals surface area contributed by atoms with Gasteiger partial charge in [-0.25, -0.2) is 0 Å². The minimum Gasteiger partial charge on any atom is -0.140 e. The van der Waals surface area contributed by atoms with Crippen molar-refractivity contribution in [3.63, 3.8) is 0 Å². The van der Waals surface area contributed by atoms with Gasteiger partial charge < -0.3 is 0 Å². The fourth-order valence-electron chi connectivity index (χ4n) is 4.22. The summed E-state index contributed by atoms with van der Waals surface area (Å²) in [5.41, 5.74) is 8.38. The topological polar surface area (TPSA) is 0 Å². The Hall–Kier alpha value is -1.46. The van der Waals surface area contributed by atoms with Gasteiger partial charge in [0.15, 0.2) is 0 Å². The van der Waals surface area contributed by atoms with Crippen molar-refractivity contribution in [2.24, 2.45) is 0 Å². The summed E-state index contributed by atoms with van der Waals surface area (Å²) in [7, 11) is 0. The molecule has 0 spiro atoms. The van der Waals surface area contributed by atoms with Crippen molar-refractivity contribution in [3.05, 3.63) is 85.5 Å². The van der Waals surface area contributed by atoms with E-state index in [9.17, 15) is 0 Å². The lowest BCUT2D eigenvalue weighted by atomic mass is 9.95. The maximum absolute atomic E-state index is 2.34. The zero-order valence-electron chi connectivity index (χ0n) is 18.9. The van der Waals surface area contributed by atoms with E-state index in [0.717, 1.165) is 0 Å². The molecule has 0 saturated heterocycles. The third-order valence-corrected chi connectivity index (χ3v) is 10.0. The van der Waals surface area contributed by atoms with Gasteiger partial charge in [0.2, 0.25) is 0 Å². The maximum atomic E-state index is 2.34. The van der Waals surface area contributed by atoms with Crippen molar-refractivity contribution < 1.29 is 0 Å². The van der Waals surface area contributed by atoms with E-state index in [2.05, 4.69) is 79.7 Å². The normalized spacial score (nSPS) is 11.3. The largest absolute Gasteiger partial charge is 0.140 e. The predicted octanol–water partition coefficient (Wildman–Crippen LogP) is 9.41. The second-order valence-corrected chi connectivity index (χ2v) is 13.3. The molecule has 156 valence electrons. The summed E-state index contributed by atoms with van der Waals surface area (Å²) in [6.07, 6.45) is 0. The van der Waals surface area contributed by atoms with Crippen LogP contribution in [0.2, 0.25) is 0 Å². The quantitative estimate of drug-likeness (QED) is 0.280. The van der Waals surface area contributed by atoms with Gasteiger partial charge in [-0.3, -0.25) is 0 Å². The van der Waals surface area contributed by atoms with Crippen molar-refractivity contribution in [1.29, 1.82) is 0 Å². The highest BCUT2D eigenvalue weighted by atomic mass is 32.1. The first-order valence-corrected chi connectivity index (χ1v) is 13.5. The van der Waals surface area contributed by atoms with Crippen LogP contribution in [0.15, 0.2) is 24.3 Å². The van der Waals surface area contributed by atoms with E-state index in [1.807, 2.05) is 45.3 Å². The Bertz CT molecular complexity index is 1070. The summed E-state index contributed by atoms with van der Waals surface area (Å²) in [6.45, 7) is 18.0. The second kappa shape index (κ2) is 8.23. The molecule has 4 heteroatoms. The molecule has 4 rings (SSSR count). The number of hydrogen-bond acceptors (Lipinski definition) is 4. The van der Waals surface area contributed by atoms with E-state index in [0.29, 0.717) is 0 Å². The highest BCUT2D eigenvalue weighted by Gasteiger charge is 2.26. The van der Waals surface area contributed by atoms with Gasteiger partial charge in [0.05, 0.1) is 0 Å². The Morgan fingerprint density at radius 2 is 0.600 bits per heavy atom. The van der Waals surface area contributed by atoms with Gasteiger partial charge in [-0.2, -0.15) is 0 Å². The average Bonchev–Trinajstić information content (AvgIpc) is 3.34. The van der Waals surface area contributed by atoms with Crippen LogP contribution in [0, 0.1) is 55.4 Å². The van der Waals surface area contributed by atoms with Gasteiger partial charge in [0.25, 0.3) is 0 Å². The van der Waals surface area contributed by atoms with E-state index >= 15 is 0 Å². The minimum atomic E-state index is 1.38. The van der Waals surface area contributed by atoms with Crippen LogP contribution in [0.3, 0.4) is 0 Å². The van der Waals surface area contributed by atoms with E-state index in [4.69, 9.17) is 0 Å². The first kappa shape index (κ1) is 21.8. The molecular weight excluding hydrogens is 441 g/mol. The molecule has 0 aliphatic rings. The molecule has 30 heavy (non-hydrogen) atoms. The van der Waals surface area contributed by atoms with Crippen molar-refractivity contribution in [2.45, 2.75) is 55.4 Å². The molecule has 0 saturated carbocycles. The lowest BCUT2D eigenvalue weighted by Crippen LogP contribution is -1.96. The van der Waals surface area contributed by atoms with Gasteiger partial charge in [0, 0.05) is 50.2 Å². The maximum Gasteiger partial charge on any atom is 0.0396 e. The Morgan fingerprint density at radius 3 is 0.733 bits per heavy atom. The molecule has 0 atom stereocenters. The van der Waals surface area contributed by atoms with Crippen LogP contribution in [0.1, 0.15) is 61.3 Å². The molecule has 0 fully saturated rings. The predicted molar refractivity (Wildman–Crippen MR) is 140 cm³/mol. The number of thiophene rings is 4. The molecule has 4 heterocycles. The minimum absolute atomic E-state index is 1.38. The van der Waals surface area contributed by atoms with Gasteiger partial charge in [-0.1, -0.05) is 0 Å². The van der Waals surface area contributed by atoms with Crippen LogP contribution in [0.4, 0.5) is 0 Å². The molecule has 0 bridgehead atoms. The van der Waals surface area contributed by atoms with Gasteiger partial charge >= 0.3 is 0 Å². The lowest BCUT2D eigenvalue weighted by molar-refractivity contribution is 1.44. The first-order valence-electron chi connectivity index (χ1n) is 10.2. The molecule has 0 unspecified atom stereocenters. The Morgan fingerprint density at radius 1 is 0.400 bits per heavy atom. The first-order chi connectivity index (χ1) is 14.2. The highest BCUT2D eigenvalue weighted by Crippen LogP contribution is 2.48. The SMILES string of the molecule is Cc1cc(C)c(C(=C(c2sc(C)cc2C)c2sc(C)cc2C)c2sc(C)cc2C)s1. The van der Waals surface area contributed by atoms with Crippen LogP contribution in [0.25, 0.3) is 11.1 Å². The van der Waals surface area contributed by atoms with Gasteiger partial charge in [0.1, 0.15) is 0 Å². The van der Waals surface area contributed by atoms with E-state index in [-0.39, 0.29) is 0 Å². The van der Waals surface area contributed by atoms with Crippen molar-refractivity contribution in [1.82, 2.24) is 0 Å². The number of aryl methyl sites for hydroxylation is 8. The van der Waals surface area contributed by atoms with Crippen LogP contribution in [-0.4, -0.2) is 0 Å². The van der Waals surface area contributed by atoms with E-state index in [1.54, 1.807) is 0 Å². The summed E-state index contributed by atoms with van der Waals surface area (Å²) in [6, 6.07) is 9.36. The summed E-state index contributed by atoms with van der Waals surface area (Å²) in [4.78, 5) is 11.2. The van der Waals surface area contributed by atoms with Crippen molar-refractivity contribution in [2.75, 3.05) is 0 Å². The molecule has 0 nitrogen and oxygen atoms in total. The number of hydrogen-bond donors (Lipinski definition) is 0. The third kappa shape index (κ3) is 3.91. The second-order valence-electron chi connectivity index (χ2n) is 8.23. The molecule has 0 aliphatic carbocycles. The monoisotopic (exact) mass is 468 g/mol. The Kier molecular flexibility index (Phi) is 5.97. The number of rotatable bonds is 4. The standard InChI is InChI=1S/C26H28S4/c1-13-9-17(5)27-23(13)21(24-14(2)10-18(6)28-24)22(25-15(3)11-19(7)29-25)26-16(4)12-20(8)30-26/h9-12H,1-8H3. The Balaban J connectivity index is 2.21. The van der Waals surface area contributed by atoms with E-state index in [1.165, 1.54) is 72.4 Å². The third-order valence-electron chi connectivity index (χ3n) is 5.32. The lowest BCUT2D eigenvalue weighted by Gasteiger charge is -2.16. The summed E-state index contributed by atoms with van der Waals surface area (Å²) >= 11 is 7.75. The van der Waals surface area contributed by atoms with Crippen LogP contribution in [-0.2, 0) is 0 Å². The fraction of sp³-hybridized carbons (Fsp3) is 0.308. The Labute approximate surface area is 196 Å². The molecular formula is C26H28S4.